The van der Waals surface area contributed by atoms with Gasteiger partial charge in [0, 0.05) is 56.5 Å². The minimum atomic E-state index is -0.611. The Kier molecular flexibility index (Phi) is 8.32. The van der Waals surface area contributed by atoms with Crippen molar-refractivity contribution >= 4 is 28.3 Å². The van der Waals surface area contributed by atoms with Gasteiger partial charge in [-0.25, -0.2) is 23.6 Å². The van der Waals surface area contributed by atoms with Crippen LogP contribution in [0.2, 0.25) is 0 Å². The number of benzene rings is 1. The van der Waals surface area contributed by atoms with E-state index in [-0.39, 0.29) is 24.0 Å². The van der Waals surface area contributed by atoms with Crippen LogP contribution in [0.5, 0.6) is 11.6 Å². The molecule has 1 amide bonds. The largest absolute Gasteiger partial charge is 0.508 e. The summed E-state index contributed by atoms with van der Waals surface area (Å²) >= 11 is 0. The van der Waals surface area contributed by atoms with Crippen LogP contribution in [0.4, 0.5) is 10.2 Å². The van der Waals surface area contributed by atoms with E-state index in [2.05, 4.69) is 31.9 Å². The molecule has 0 atom stereocenters. The molecule has 0 radical (unpaired) electrons. The van der Waals surface area contributed by atoms with E-state index < -0.39 is 5.82 Å². The Labute approximate surface area is 270 Å². The fourth-order valence-electron chi connectivity index (χ4n) is 6.50. The van der Waals surface area contributed by atoms with Crippen molar-refractivity contribution in [3.05, 3.63) is 54.0 Å². The average Bonchev–Trinajstić information content (AvgIpc) is 3.62. The highest BCUT2D eigenvalue weighted by Crippen LogP contribution is 2.33. The highest BCUT2D eigenvalue weighted by atomic mass is 19.1. The molecule has 7 rings (SSSR count). The smallest absolute Gasteiger partial charge is 0.242 e. The zero-order valence-electron chi connectivity index (χ0n) is 26.5. The first kappa shape index (κ1) is 30.7. The number of aromatic hydroxyl groups is 1. The Balaban J connectivity index is 1.06. The number of carbonyl (C=O) groups is 1. The lowest BCUT2D eigenvalue weighted by molar-refractivity contribution is -0.138. The van der Waals surface area contributed by atoms with Crippen LogP contribution in [0.3, 0.4) is 0 Å². The predicted octanol–water partition coefficient (Wildman–Crippen LogP) is 2.18. The summed E-state index contributed by atoms with van der Waals surface area (Å²) in [4.78, 5) is 33.0. The number of nitrogens with two attached hydrogens (primary N) is 1. The van der Waals surface area contributed by atoms with Gasteiger partial charge in [0.1, 0.15) is 48.1 Å². The molecule has 0 aliphatic carbocycles. The normalized spacial score (nSPS) is 16.8. The monoisotopic (exact) mass is 643 g/mol. The van der Waals surface area contributed by atoms with Crippen molar-refractivity contribution in [3.63, 3.8) is 0 Å². The van der Waals surface area contributed by atoms with Gasteiger partial charge in [0.2, 0.25) is 11.8 Å². The Morgan fingerprint density at radius 2 is 1.87 bits per heavy atom. The van der Waals surface area contributed by atoms with Gasteiger partial charge in [-0.05, 0) is 63.7 Å². The molecule has 2 aliphatic heterocycles. The number of phenolic OH excluding ortho intramolecular Hbond substituents is 1. The maximum atomic E-state index is 14.2. The summed E-state index contributed by atoms with van der Waals surface area (Å²) in [6, 6.07) is 5.65. The first-order chi connectivity index (χ1) is 22.7. The number of ether oxygens (including phenoxy) is 1. The van der Waals surface area contributed by atoms with Gasteiger partial charge in [0.15, 0.2) is 11.5 Å². The van der Waals surface area contributed by atoms with E-state index in [1.54, 1.807) is 9.20 Å². The molecule has 6 heterocycles. The van der Waals surface area contributed by atoms with Crippen molar-refractivity contribution in [2.24, 2.45) is 5.92 Å². The van der Waals surface area contributed by atoms with Crippen molar-refractivity contribution < 1.29 is 19.0 Å². The standard InChI is InChI=1S/C32H38FN11O3/c1-20-3-8-43-28(20)31(47-14-13-41-6-4-21(5-7-41)32(46)42-11-9-40(2)10-12-42)37-25(38-43)18-44-30-26(29(34)35-19-36-30)27(39-44)22-15-23(33)17-24(45)16-22/h3,8,15-17,19,21,45H,4-7,9-14,18H2,1-2H3,(H2,34,35,36). The first-order valence-electron chi connectivity index (χ1n) is 15.9. The average molecular weight is 644 g/mol. The van der Waals surface area contributed by atoms with Gasteiger partial charge >= 0.3 is 0 Å². The molecule has 5 aromatic rings. The van der Waals surface area contributed by atoms with E-state index >= 15 is 0 Å². The molecule has 0 bridgehead atoms. The summed E-state index contributed by atoms with van der Waals surface area (Å²) in [6.07, 6.45) is 4.90. The molecule has 246 valence electrons. The van der Waals surface area contributed by atoms with Crippen LogP contribution < -0.4 is 10.5 Å². The minimum absolute atomic E-state index is 0.0918. The third kappa shape index (κ3) is 6.27. The van der Waals surface area contributed by atoms with Crippen molar-refractivity contribution in [2.45, 2.75) is 26.3 Å². The number of piperidine rings is 1. The number of amides is 1. The molecule has 15 heteroatoms. The van der Waals surface area contributed by atoms with E-state index in [4.69, 9.17) is 20.6 Å². The second-order valence-corrected chi connectivity index (χ2v) is 12.4. The number of aryl methyl sites for hydroxylation is 1. The number of likely N-dealkylation sites (tertiary alicyclic amines) is 1. The fraction of sp³-hybridized carbons (Fsp3) is 0.438. The third-order valence-corrected chi connectivity index (χ3v) is 9.13. The summed E-state index contributed by atoms with van der Waals surface area (Å²) in [6.45, 7) is 8.44. The van der Waals surface area contributed by atoms with Crippen molar-refractivity contribution in [1.29, 1.82) is 0 Å². The summed E-state index contributed by atoms with van der Waals surface area (Å²) in [5, 5.41) is 19.8. The number of carbonyl (C=O) groups excluding carboxylic acids is 1. The van der Waals surface area contributed by atoms with Crippen LogP contribution in [0.15, 0.2) is 36.8 Å². The Morgan fingerprint density at radius 1 is 1.09 bits per heavy atom. The number of hydrogen-bond acceptors (Lipinski definition) is 11. The summed E-state index contributed by atoms with van der Waals surface area (Å²) < 4.78 is 23.8. The highest BCUT2D eigenvalue weighted by Gasteiger charge is 2.30. The number of piperazine rings is 1. The molecule has 14 nitrogen and oxygen atoms in total. The lowest BCUT2D eigenvalue weighted by Gasteiger charge is -2.37. The van der Waals surface area contributed by atoms with Gasteiger partial charge in [-0.1, -0.05) is 0 Å². The van der Waals surface area contributed by atoms with Gasteiger partial charge in [-0.3, -0.25) is 9.69 Å². The first-order valence-corrected chi connectivity index (χ1v) is 15.9. The second kappa shape index (κ2) is 12.7. The van der Waals surface area contributed by atoms with E-state index in [0.29, 0.717) is 53.1 Å². The molecular formula is C32H38FN11O3. The van der Waals surface area contributed by atoms with Crippen molar-refractivity contribution in [2.75, 3.05) is 65.2 Å². The molecule has 0 saturated carbocycles. The zero-order valence-corrected chi connectivity index (χ0v) is 26.5. The number of aromatic nitrogens is 7. The molecule has 1 aromatic carbocycles. The summed E-state index contributed by atoms with van der Waals surface area (Å²) in [5.41, 5.74) is 9.05. The molecule has 2 aliphatic rings. The lowest BCUT2D eigenvalue weighted by atomic mass is 9.95. The van der Waals surface area contributed by atoms with Crippen LogP contribution >= 0.6 is 0 Å². The third-order valence-electron chi connectivity index (χ3n) is 9.13. The number of anilines is 1. The van der Waals surface area contributed by atoms with Crippen molar-refractivity contribution in [3.8, 4) is 22.9 Å². The minimum Gasteiger partial charge on any atom is -0.508 e. The molecule has 2 saturated heterocycles. The molecule has 0 spiro atoms. The number of hydrogen-bond donors (Lipinski definition) is 2. The topological polar surface area (TPSA) is 156 Å². The number of nitrogens with zero attached hydrogens (tertiary/aromatic N) is 10. The number of halogens is 1. The van der Waals surface area contributed by atoms with Crippen LogP contribution in [0.1, 0.15) is 24.2 Å². The van der Waals surface area contributed by atoms with E-state index in [1.165, 1.54) is 18.5 Å². The van der Waals surface area contributed by atoms with Gasteiger partial charge in [0.25, 0.3) is 0 Å². The maximum Gasteiger partial charge on any atom is 0.242 e. The molecule has 2 fully saturated rings. The lowest BCUT2D eigenvalue weighted by Crippen LogP contribution is -2.50. The molecule has 47 heavy (non-hydrogen) atoms. The molecule has 0 unspecified atom stereocenters. The van der Waals surface area contributed by atoms with Crippen molar-refractivity contribution in [1.82, 2.24) is 49.0 Å². The number of fused-ring (bicyclic) bond motifs is 2. The second-order valence-electron chi connectivity index (χ2n) is 12.4. The number of likely N-dealkylation sites (N-methyl/N-ethyl adjacent to an activating group) is 1. The van der Waals surface area contributed by atoms with Gasteiger partial charge in [0.05, 0.1) is 5.39 Å². The van der Waals surface area contributed by atoms with Crippen LogP contribution in [-0.2, 0) is 11.3 Å². The summed E-state index contributed by atoms with van der Waals surface area (Å²) in [7, 11) is 2.10. The van der Waals surface area contributed by atoms with Gasteiger partial charge in [-0.15, -0.1) is 0 Å². The van der Waals surface area contributed by atoms with Crippen LogP contribution in [0.25, 0.3) is 27.8 Å². The van der Waals surface area contributed by atoms with Gasteiger partial charge in [-0.2, -0.15) is 15.2 Å². The predicted molar refractivity (Wildman–Crippen MR) is 172 cm³/mol. The Hall–Kier alpha value is -4.89. The highest BCUT2D eigenvalue weighted by molar-refractivity contribution is 5.98. The summed E-state index contributed by atoms with van der Waals surface area (Å²) in [5.74, 6) is 0.595. The number of nitrogen functional groups attached to an aromatic ring is 1. The quantitative estimate of drug-likeness (QED) is 0.256. The zero-order chi connectivity index (χ0) is 32.7. The number of phenols is 1. The molecule has 3 N–H and O–H groups in total. The Bertz CT molecular complexity index is 1910. The SMILES string of the molecule is Cc1ccn2nc(Cn3nc(-c4cc(O)cc(F)c4)c4c(N)ncnc43)nc(OCCN3CCC(C(=O)N4CCN(C)CC4)CC3)c12. The molecular weight excluding hydrogens is 605 g/mol. The van der Waals surface area contributed by atoms with E-state index in [0.717, 1.165) is 69.3 Å². The van der Waals surface area contributed by atoms with E-state index in [9.17, 15) is 14.3 Å². The van der Waals surface area contributed by atoms with Crippen LogP contribution in [-0.4, -0.2) is 120 Å². The van der Waals surface area contributed by atoms with Crippen LogP contribution in [0, 0.1) is 18.7 Å². The number of rotatable bonds is 8. The fourth-order valence-corrected chi connectivity index (χ4v) is 6.50. The Morgan fingerprint density at radius 3 is 2.64 bits per heavy atom. The maximum absolute atomic E-state index is 14.2. The van der Waals surface area contributed by atoms with Gasteiger partial charge < -0.3 is 25.4 Å². The molecule has 4 aromatic heterocycles. The van der Waals surface area contributed by atoms with E-state index in [1.807, 2.05) is 24.1 Å².